The molecule has 7 aromatic rings. The van der Waals surface area contributed by atoms with Crippen LogP contribution in [0.1, 0.15) is 86.4 Å². The lowest BCUT2D eigenvalue weighted by molar-refractivity contribution is -0.132. The van der Waals surface area contributed by atoms with Gasteiger partial charge in [0, 0.05) is 5.56 Å². The number of carbonyl (C=O) groups excluding carboxylic acids is 4. The van der Waals surface area contributed by atoms with Gasteiger partial charge in [-0.05, 0) is 65.3 Å². The lowest BCUT2D eigenvalue weighted by atomic mass is 9.93. The number of aliphatic hydroxyl groups is 2. The zero-order chi connectivity index (χ0) is 43.1. The van der Waals surface area contributed by atoms with Crippen molar-refractivity contribution in [2.24, 2.45) is 0 Å². The van der Waals surface area contributed by atoms with Crippen molar-refractivity contribution in [3.8, 4) is 0 Å². The normalized spacial score (nSPS) is 17.6. The third-order valence-corrected chi connectivity index (χ3v) is 13.0. The Labute approximate surface area is 360 Å². The molecule has 1 saturated heterocycles. The standard InChI is InChI=1S/C27H22N2O3S.C22H20N2O3S/c1-16(2)17-12-14-18(15-13-17)23-22(24(30)19-8-4-3-5-9-19)25(31)26(32)29(23)27-28-20-10-6-7-11-21(20)33-27;1-12(2)14-8-10-15(11-9-14)19-18(13(3)25)20(26)21(27)24(19)22-23-16-6-4-5-7-17(16)28-22/h3-16,23,30H,1-2H3;4-12,19,26H,1-3H3. The van der Waals surface area contributed by atoms with Crippen LogP contribution in [-0.2, 0) is 19.2 Å². The summed E-state index contributed by atoms with van der Waals surface area (Å²) in [6, 6.07) is 38.3. The average molecular weight is 847 g/mol. The van der Waals surface area contributed by atoms with Gasteiger partial charge in [-0.1, -0.05) is 153 Å². The Morgan fingerprint density at radius 2 is 1.05 bits per heavy atom. The molecule has 2 N–H and O–H groups in total. The molecule has 306 valence electrons. The summed E-state index contributed by atoms with van der Waals surface area (Å²) >= 11 is 2.72. The van der Waals surface area contributed by atoms with E-state index in [-0.39, 0.29) is 22.7 Å². The molecule has 2 aliphatic rings. The van der Waals surface area contributed by atoms with Crippen LogP contribution < -0.4 is 9.80 Å². The number of thiazole rings is 2. The number of carbonyl (C=O) groups is 4. The maximum Gasteiger partial charge on any atom is 0.301 e. The van der Waals surface area contributed by atoms with E-state index in [9.17, 15) is 29.4 Å². The molecule has 1 fully saturated rings. The maximum absolute atomic E-state index is 13.3. The predicted molar refractivity (Wildman–Crippen MR) is 242 cm³/mol. The number of hydrogen-bond acceptors (Lipinski definition) is 10. The first-order valence-electron chi connectivity index (χ1n) is 19.9. The number of hydrogen-bond donors (Lipinski definition) is 2. The van der Waals surface area contributed by atoms with E-state index in [1.54, 1.807) is 24.3 Å². The molecule has 0 aliphatic carbocycles. The first-order chi connectivity index (χ1) is 29.3. The quantitative estimate of drug-likeness (QED) is 0.0875. The molecule has 2 unspecified atom stereocenters. The molecule has 0 spiro atoms. The fourth-order valence-corrected chi connectivity index (χ4v) is 9.61. The van der Waals surface area contributed by atoms with Gasteiger partial charge in [0.25, 0.3) is 11.7 Å². The number of fused-ring (bicyclic) bond motifs is 2. The molecule has 12 heteroatoms. The van der Waals surface area contributed by atoms with Crippen LogP contribution in [0.25, 0.3) is 26.2 Å². The Bertz CT molecular complexity index is 2830. The fraction of sp³-hybridized carbons (Fsp3) is 0.184. The molecule has 5 aromatic carbocycles. The molecule has 10 nitrogen and oxygen atoms in total. The summed E-state index contributed by atoms with van der Waals surface area (Å²) in [5.41, 5.74) is 6.04. The van der Waals surface area contributed by atoms with Crippen molar-refractivity contribution in [3.05, 3.63) is 172 Å². The number of ketones is 2. The Morgan fingerprint density at radius 1 is 0.607 bits per heavy atom. The van der Waals surface area contributed by atoms with Gasteiger partial charge in [-0.3, -0.25) is 29.0 Å². The van der Waals surface area contributed by atoms with Crippen LogP contribution in [0.5, 0.6) is 0 Å². The smallest absolute Gasteiger partial charge is 0.301 e. The molecule has 2 atom stereocenters. The number of para-hydroxylation sites is 2. The van der Waals surface area contributed by atoms with Crippen LogP contribution >= 0.6 is 22.7 Å². The van der Waals surface area contributed by atoms with Crippen LogP contribution in [0.4, 0.5) is 10.3 Å². The molecule has 2 aromatic heterocycles. The molecule has 9 rings (SSSR count). The van der Waals surface area contributed by atoms with Gasteiger partial charge >= 0.3 is 5.91 Å². The third-order valence-electron chi connectivity index (χ3n) is 10.9. The number of rotatable bonds is 8. The Kier molecular flexibility index (Phi) is 11.2. The van der Waals surface area contributed by atoms with Crippen LogP contribution in [-0.4, -0.2) is 43.6 Å². The molecule has 2 amide bonds. The number of aromatic nitrogens is 2. The van der Waals surface area contributed by atoms with Gasteiger partial charge in [-0.15, -0.1) is 0 Å². The summed E-state index contributed by atoms with van der Waals surface area (Å²) in [5, 5.41) is 22.5. The maximum atomic E-state index is 13.3. The molecule has 61 heavy (non-hydrogen) atoms. The van der Waals surface area contributed by atoms with Crippen LogP contribution in [0.2, 0.25) is 0 Å². The van der Waals surface area contributed by atoms with Gasteiger partial charge in [0.05, 0.1) is 43.7 Å². The minimum atomic E-state index is -0.771. The second kappa shape index (κ2) is 16.7. The predicted octanol–water partition coefficient (Wildman–Crippen LogP) is 11.0. The van der Waals surface area contributed by atoms with E-state index < -0.39 is 35.4 Å². The summed E-state index contributed by atoms with van der Waals surface area (Å²) < 4.78 is 1.86. The topological polar surface area (TPSA) is 141 Å². The zero-order valence-electron chi connectivity index (χ0n) is 34.1. The number of nitrogens with zero attached hydrogens (tertiary/aromatic N) is 4. The van der Waals surface area contributed by atoms with E-state index in [0.29, 0.717) is 27.7 Å². The van der Waals surface area contributed by atoms with Crippen molar-refractivity contribution in [2.75, 3.05) is 9.80 Å². The second-order valence-electron chi connectivity index (χ2n) is 15.5. The highest BCUT2D eigenvalue weighted by atomic mass is 32.1. The molecule has 0 bridgehead atoms. The molecular weight excluding hydrogens is 805 g/mol. The van der Waals surface area contributed by atoms with Crippen molar-refractivity contribution < 1.29 is 29.4 Å². The van der Waals surface area contributed by atoms with Gasteiger partial charge in [-0.2, -0.15) is 0 Å². The monoisotopic (exact) mass is 846 g/mol. The Morgan fingerprint density at radius 3 is 1.51 bits per heavy atom. The first kappa shape index (κ1) is 41.0. The number of benzene rings is 5. The minimum absolute atomic E-state index is 0.0720. The van der Waals surface area contributed by atoms with E-state index >= 15 is 0 Å². The van der Waals surface area contributed by atoms with Gasteiger partial charge in [0.15, 0.2) is 21.8 Å². The molecule has 2 aliphatic heterocycles. The third kappa shape index (κ3) is 7.64. The number of amides is 2. The van der Waals surface area contributed by atoms with E-state index in [1.807, 2.05) is 103 Å². The van der Waals surface area contributed by atoms with E-state index in [4.69, 9.17) is 0 Å². The van der Waals surface area contributed by atoms with Crippen molar-refractivity contribution in [1.29, 1.82) is 0 Å². The zero-order valence-corrected chi connectivity index (χ0v) is 35.7. The van der Waals surface area contributed by atoms with Crippen molar-refractivity contribution in [3.63, 3.8) is 0 Å². The summed E-state index contributed by atoms with van der Waals surface area (Å²) in [7, 11) is 0. The minimum Gasteiger partial charge on any atom is -0.507 e. The van der Waals surface area contributed by atoms with E-state index in [0.717, 1.165) is 42.7 Å². The Balaban J connectivity index is 0.000000171. The highest BCUT2D eigenvalue weighted by molar-refractivity contribution is 7.22. The molecule has 0 saturated carbocycles. The van der Waals surface area contributed by atoms with Gasteiger partial charge in [-0.25, -0.2) is 9.97 Å². The fourth-order valence-electron chi connectivity index (χ4n) is 7.63. The average Bonchev–Trinajstić information content (AvgIpc) is 4.02. The van der Waals surface area contributed by atoms with Crippen LogP contribution in [0.15, 0.2) is 144 Å². The first-order valence-corrected chi connectivity index (χ1v) is 21.5. The lowest BCUT2D eigenvalue weighted by Gasteiger charge is -2.24. The number of aliphatic hydroxyl groups excluding tert-OH is 2. The Hall–Kier alpha value is -6.76. The van der Waals surface area contributed by atoms with Crippen molar-refractivity contribution >= 4 is 82.5 Å². The van der Waals surface area contributed by atoms with Crippen LogP contribution in [0.3, 0.4) is 0 Å². The van der Waals surface area contributed by atoms with Gasteiger partial charge < -0.3 is 10.2 Å². The number of anilines is 2. The van der Waals surface area contributed by atoms with E-state index in [2.05, 4.69) is 37.7 Å². The second-order valence-corrected chi connectivity index (χ2v) is 17.5. The van der Waals surface area contributed by atoms with Crippen LogP contribution in [0, 0.1) is 0 Å². The molecular formula is C49H42N4O6S2. The lowest BCUT2D eigenvalue weighted by Crippen LogP contribution is -2.30. The van der Waals surface area contributed by atoms with Crippen molar-refractivity contribution in [2.45, 2.75) is 58.5 Å². The van der Waals surface area contributed by atoms with Gasteiger partial charge in [0.2, 0.25) is 0 Å². The SMILES string of the molecule is CC(=O)C1=C(O)C(=O)N(c2nc3ccccc3s2)C1c1ccc(C(C)C)cc1.CC(C)c1ccc(C2C(=C(O)c3ccccc3)C(=O)C(=O)N2c2nc3ccccc3s2)cc1. The summed E-state index contributed by atoms with van der Waals surface area (Å²) in [6.07, 6.45) is 0. The van der Waals surface area contributed by atoms with E-state index in [1.165, 1.54) is 39.4 Å². The van der Waals surface area contributed by atoms with Gasteiger partial charge in [0.1, 0.15) is 5.76 Å². The summed E-state index contributed by atoms with van der Waals surface area (Å²) in [5.74, 6) is -2.29. The summed E-state index contributed by atoms with van der Waals surface area (Å²) in [4.78, 5) is 63.8. The molecule has 4 heterocycles. The highest BCUT2D eigenvalue weighted by Gasteiger charge is 2.48. The highest BCUT2D eigenvalue weighted by Crippen LogP contribution is 2.46. The summed E-state index contributed by atoms with van der Waals surface area (Å²) in [6.45, 7) is 9.80. The largest absolute Gasteiger partial charge is 0.507 e. The number of Topliss-reactive ketones (excluding diaryl/α,β-unsaturated/α-hetero) is 2. The molecule has 0 radical (unpaired) electrons. The van der Waals surface area contributed by atoms with Crippen molar-refractivity contribution in [1.82, 2.24) is 9.97 Å².